The molecule has 1 saturated heterocycles. The van der Waals surface area contributed by atoms with E-state index in [1.54, 1.807) is 0 Å². The number of benzene rings is 1. The molecule has 1 aromatic carbocycles. The fourth-order valence-electron chi connectivity index (χ4n) is 2.27. The summed E-state index contributed by atoms with van der Waals surface area (Å²) in [6, 6.07) is 9.92. The molecular formula is C15H23N3O. The van der Waals surface area contributed by atoms with Crippen molar-refractivity contribution in [2.75, 3.05) is 26.7 Å². The largest absolute Gasteiger partial charge is 0.489 e. The van der Waals surface area contributed by atoms with Crippen molar-refractivity contribution >= 4 is 5.96 Å². The first kappa shape index (κ1) is 13.7. The molecule has 1 aliphatic heterocycles. The second kappa shape index (κ2) is 7.02. The molecule has 2 rings (SSSR count). The summed E-state index contributed by atoms with van der Waals surface area (Å²) >= 11 is 0. The molecule has 1 heterocycles. The summed E-state index contributed by atoms with van der Waals surface area (Å²) in [6.45, 7) is 5.04. The zero-order chi connectivity index (χ0) is 13.5. The normalized spacial score (nSPS) is 17.4. The molecule has 0 spiro atoms. The lowest BCUT2D eigenvalue weighted by molar-refractivity contribution is 0.222. The van der Waals surface area contributed by atoms with E-state index in [9.17, 15) is 0 Å². The Morgan fingerprint density at radius 3 is 2.63 bits per heavy atom. The van der Waals surface area contributed by atoms with Crippen molar-refractivity contribution in [2.45, 2.75) is 25.9 Å². The number of aliphatic imine (C=N–C) groups is 1. The quantitative estimate of drug-likeness (QED) is 0.666. The number of rotatable bonds is 4. The van der Waals surface area contributed by atoms with Crippen LogP contribution in [0.1, 0.15) is 19.8 Å². The van der Waals surface area contributed by atoms with E-state index in [2.05, 4.69) is 22.1 Å². The Balaban J connectivity index is 1.77. The molecule has 1 N–H and O–H groups in total. The molecular weight excluding hydrogens is 238 g/mol. The maximum Gasteiger partial charge on any atom is 0.193 e. The van der Waals surface area contributed by atoms with Crippen LogP contribution in [-0.4, -0.2) is 43.6 Å². The molecule has 1 atom stereocenters. The van der Waals surface area contributed by atoms with Gasteiger partial charge in [-0.1, -0.05) is 18.2 Å². The maximum absolute atomic E-state index is 5.84. The third-order valence-electron chi connectivity index (χ3n) is 3.25. The molecule has 0 amide bonds. The zero-order valence-corrected chi connectivity index (χ0v) is 11.8. The summed E-state index contributed by atoms with van der Waals surface area (Å²) in [5.41, 5.74) is 0. The lowest BCUT2D eigenvalue weighted by atomic mass is 10.3. The molecule has 0 aliphatic carbocycles. The first-order valence-electron chi connectivity index (χ1n) is 6.97. The highest BCUT2D eigenvalue weighted by atomic mass is 16.5. The fourth-order valence-corrected chi connectivity index (χ4v) is 2.27. The summed E-state index contributed by atoms with van der Waals surface area (Å²) in [5.74, 6) is 1.90. The van der Waals surface area contributed by atoms with Gasteiger partial charge in [-0.25, -0.2) is 0 Å². The Bertz CT molecular complexity index is 399. The van der Waals surface area contributed by atoms with Crippen LogP contribution in [0.25, 0.3) is 0 Å². The lowest BCUT2D eigenvalue weighted by Gasteiger charge is -2.23. The van der Waals surface area contributed by atoms with Crippen molar-refractivity contribution in [3.05, 3.63) is 30.3 Å². The molecule has 0 aromatic heterocycles. The van der Waals surface area contributed by atoms with E-state index in [-0.39, 0.29) is 6.10 Å². The van der Waals surface area contributed by atoms with Gasteiger partial charge >= 0.3 is 0 Å². The number of likely N-dealkylation sites (tertiary alicyclic amines) is 1. The van der Waals surface area contributed by atoms with E-state index < -0.39 is 0 Å². The maximum atomic E-state index is 5.84. The summed E-state index contributed by atoms with van der Waals surface area (Å²) in [4.78, 5) is 6.63. The number of ether oxygens (including phenoxy) is 1. The minimum atomic E-state index is 0.113. The van der Waals surface area contributed by atoms with Crippen LogP contribution in [0.2, 0.25) is 0 Å². The van der Waals surface area contributed by atoms with Gasteiger partial charge in [0, 0.05) is 20.1 Å². The van der Waals surface area contributed by atoms with Gasteiger partial charge in [-0.3, -0.25) is 4.99 Å². The third-order valence-corrected chi connectivity index (χ3v) is 3.25. The average Bonchev–Trinajstić information content (AvgIpc) is 2.95. The zero-order valence-electron chi connectivity index (χ0n) is 11.8. The summed E-state index contributed by atoms with van der Waals surface area (Å²) in [5, 5.41) is 3.38. The van der Waals surface area contributed by atoms with Crippen molar-refractivity contribution in [2.24, 2.45) is 4.99 Å². The van der Waals surface area contributed by atoms with E-state index in [0.29, 0.717) is 0 Å². The second-order valence-electron chi connectivity index (χ2n) is 4.86. The van der Waals surface area contributed by atoms with Gasteiger partial charge in [0.2, 0.25) is 0 Å². The van der Waals surface area contributed by atoms with Crippen LogP contribution in [0.4, 0.5) is 0 Å². The first-order chi connectivity index (χ1) is 9.29. The van der Waals surface area contributed by atoms with Gasteiger partial charge in [0.15, 0.2) is 5.96 Å². The van der Waals surface area contributed by atoms with Crippen molar-refractivity contribution in [1.29, 1.82) is 0 Å². The molecule has 0 radical (unpaired) electrons. The number of para-hydroxylation sites is 1. The Kier molecular flexibility index (Phi) is 5.07. The molecule has 1 unspecified atom stereocenters. The van der Waals surface area contributed by atoms with E-state index in [1.807, 2.05) is 37.4 Å². The van der Waals surface area contributed by atoms with Gasteiger partial charge < -0.3 is 15.0 Å². The van der Waals surface area contributed by atoms with Gasteiger partial charge in [-0.2, -0.15) is 0 Å². The van der Waals surface area contributed by atoms with E-state index in [4.69, 9.17) is 4.74 Å². The van der Waals surface area contributed by atoms with Gasteiger partial charge in [0.1, 0.15) is 11.9 Å². The highest BCUT2D eigenvalue weighted by molar-refractivity contribution is 5.80. The molecule has 19 heavy (non-hydrogen) atoms. The second-order valence-corrected chi connectivity index (χ2v) is 4.86. The minimum absolute atomic E-state index is 0.113. The Morgan fingerprint density at radius 2 is 2.00 bits per heavy atom. The van der Waals surface area contributed by atoms with Crippen LogP contribution in [0.15, 0.2) is 35.3 Å². The van der Waals surface area contributed by atoms with Crippen LogP contribution < -0.4 is 10.1 Å². The van der Waals surface area contributed by atoms with Crippen molar-refractivity contribution in [3.63, 3.8) is 0 Å². The monoisotopic (exact) mass is 261 g/mol. The summed E-state index contributed by atoms with van der Waals surface area (Å²) < 4.78 is 5.84. The third kappa shape index (κ3) is 4.16. The van der Waals surface area contributed by atoms with Crippen LogP contribution in [-0.2, 0) is 0 Å². The van der Waals surface area contributed by atoms with Gasteiger partial charge in [0.05, 0.1) is 6.54 Å². The SMILES string of the molecule is CN=C(NCC(C)Oc1ccccc1)N1CCCC1. The predicted molar refractivity (Wildman–Crippen MR) is 78.7 cm³/mol. The smallest absolute Gasteiger partial charge is 0.193 e. The fraction of sp³-hybridized carbons (Fsp3) is 0.533. The lowest BCUT2D eigenvalue weighted by Crippen LogP contribution is -2.43. The first-order valence-corrected chi connectivity index (χ1v) is 6.97. The van der Waals surface area contributed by atoms with Crippen LogP contribution in [0.3, 0.4) is 0 Å². The van der Waals surface area contributed by atoms with Gasteiger partial charge in [0.25, 0.3) is 0 Å². The molecule has 1 fully saturated rings. The molecule has 1 aromatic rings. The van der Waals surface area contributed by atoms with Crippen molar-refractivity contribution in [1.82, 2.24) is 10.2 Å². The highest BCUT2D eigenvalue weighted by Gasteiger charge is 2.16. The standard InChI is InChI=1S/C15H23N3O/c1-13(19-14-8-4-3-5-9-14)12-17-15(16-2)18-10-6-7-11-18/h3-5,8-9,13H,6-7,10-12H2,1-2H3,(H,16,17). The molecule has 0 bridgehead atoms. The molecule has 4 heteroatoms. The number of guanidine groups is 1. The Morgan fingerprint density at radius 1 is 1.32 bits per heavy atom. The number of nitrogens with one attached hydrogen (secondary N) is 1. The van der Waals surface area contributed by atoms with Crippen molar-refractivity contribution < 1.29 is 4.74 Å². The van der Waals surface area contributed by atoms with Crippen LogP contribution in [0.5, 0.6) is 5.75 Å². The van der Waals surface area contributed by atoms with Crippen LogP contribution in [0, 0.1) is 0 Å². The average molecular weight is 261 g/mol. The minimum Gasteiger partial charge on any atom is -0.489 e. The Labute approximate surface area is 115 Å². The van der Waals surface area contributed by atoms with Gasteiger partial charge in [-0.05, 0) is 31.9 Å². The molecule has 1 aliphatic rings. The topological polar surface area (TPSA) is 36.9 Å². The molecule has 0 saturated carbocycles. The van der Waals surface area contributed by atoms with E-state index in [0.717, 1.165) is 31.3 Å². The highest BCUT2D eigenvalue weighted by Crippen LogP contribution is 2.11. The van der Waals surface area contributed by atoms with Crippen LogP contribution >= 0.6 is 0 Å². The number of hydrogen-bond donors (Lipinski definition) is 1. The number of hydrogen-bond acceptors (Lipinski definition) is 2. The Hall–Kier alpha value is -1.71. The summed E-state index contributed by atoms with van der Waals surface area (Å²) in [7, 11) is 1.84. The van der Waals surface area contributed by atoms with E-state index >= 15 is 0 Å². The number of nitrogens with zero attached hydrogens (tertiary/aromatic N) is 2. The van der Waals surface area contributed by atoms with Gasteiger partial charge in [-0.15, -0.1) is 0 Å². The molecule has 104 valence electrons. The molecule has 4 nitrogen and oxygen atoms in total. The van der Waals surface area contributed by atoms with Crippen molar-refractivity contribution in [3.8, 4) is 5.75 Å². The predicted octanol–water partition coefficient (Wildman–Crippen LogP) is 2.13. The summed E-state index contributed by atoms with van der Waals surface area (Å²) in [6.07, 6.45) is 2.63. The van der Waals surface area contributed by atoms with E-state index in [1.165, 1.54) is 12.8 Å².